The molecule has 26 heavy (non-hydrogen) atoms. The molecule has 146 valence electrons. The van der Waals surface area contributed by atoms with E-state index in [1.54, 1.807) is 0 Å². The van der Waals surface area contributed by atoms with Gasteiger partial charge in [0.05, 0.1) is 5.49 Å². The smallest absolute Gasteiger partial charge is 0.239 e. The Labute approximate surface area is 162 Å². The topological polar surface area (TPSA) is 26.0 Å². The van der Waals surface area contributed by atoms with Crippen molar-refractivity contribution in [3.8, 4) is 0 Å². The van der Waals surface area contributed by atoms with Crippen LogP contribution >= 0.6 is 12.2 Å². The number of halogens is 2. The molecule has 1 aromatic carbocycles. The lowest BCUT2D eigenvalue weighted by molar-refractivity contribution is -0.0948. The molecule has 4 atom stereocenters. The van der Waals surface area contributed by atoms with Gasteiger partial charge in [-0.25, -0.2) is 8.78 Å². The van der Waals surface area contributed by atoms with Crippen molar-refractivity contribution >= 4 is 17.7 Å². The minimum absolute atomic E-state index is 0.0553. The number of nitrogens with two attached hydrogens (primary N) is 1. The number of hydrogen-bond acceptors (Lipinski definition) is 1. The van der Waals surface area contributed by atoms with Gasteiger partial charge in [0.2, 0.25) is 6.43 Å². The Bertz CT molecular complexity index is 599. The molecule has 1 aromatic rings. The minimum Gasteiger partial charge on any atom is -0.396 e. The molecular weight excluding hydrogens is 348 g/mol. The monoisotopic (exact) mass is 381 g/mol. The highest BCUT2D eigenvalue weighted by atomic mass is 32.1. The summed E-state index contributed by atoms with van der Waals surface area (Å²) in [4.78, 5) is 0. The summed E-state index contributed by atoms with van der Waals surface area (Å²) in [7, 11) is 0. The second-order valence-electron chi connectivity index (χ2n) is 9.43. The van der Waals surface area contributed by atoms with Crippen LogP contribution in [-0.4, -0.2) is 11.9 Å². The third-order valence-electron chi connectivity index (χ3n) is 6.99. The van der Waals surface area contributed by atoms with E-state index in [4.69, 9.17) is 0 Å². The highest BCUT2D eigenvalue weighted by Crippen LogP contribution is 2.64. The first kappa shape index (κ1) is 21.3. The van der Waals surface area contributed by atoms with Crippen LogP contribution in [0.2, 0.25) is 0 Å². The van der Waals surface area contributed by atoms with Gasteiger partial charge in [-0.3, -0.25) is 0 Å². The van der Waals surface area contributed by atoms with Crippen LogP contribution in [0.1, 0.15) is 65.4 Å². The lowest BCUT2D eigenvalue weighted by atomic mass is 9.43. The van der Waals surface area contributed by atoms with Crippen LogP contribution in [0.5, 0.6) is 0 Å². The third kappa shape index (κ3) is 4.27. The van der Waals surface area contributed by atoms with Gasteiger partial charge >= 0.3 is 0 Å². The van der Waals surface area contributed by atoms with Crippen LogP contribution in [0, 0.1) is 22.7 Å². The summed E-state index contributed by atoms with van der Waals surface area (Å²) >= 11 is 4.05. The van der Waals surface area contributed by atoms with Crippen molar-refractivity contribution in [2.45, 2.75) is 71.6 Å². The fraction of sp³-hybridized carbons (Fsp3) is 0.682. The normalized spacial score (nSPS) is 35.3. The van der Waals surface area contributed by atoms with Crippen molar-refractivity contribution in [3.05, 3.63) is 35.9 Å². The maximum Gasteiger partial charge on any atom is 0.239 e. The molecule has 0 radical (unpaired) electrons. The number of benzene rings is 1. The molecule has 3 rings (SSSR count). The van der Waals surface area contributed by atoms with Crippen LogP contribution in [0.3, 0.4) is 0 Å². The van der Waals surface area contributed by atoms with Gasteiger partial charge in [-0.15, -0.1) is 0 Å². The van der Waals surface area contributed by atoms with Crippen molar-refractivity contribution < 1.29 is 8.78 Å². The Morgan fingerprint density at radius 2 is 1.73 bits per heavy atom. The molecule has 0 amide bonds. The molecule has 2 aliphatic rings. The largest absolute Gasteiger partial charge is 0.396 e. The van der Waals surface area contributed by atoms with Gasteiger partial charge in [-0.1, -0.05) is 70.2 Å². The number of hydrogen-bond donors (Lipinski definition) is 1. The van der Waals surface area contributed by atoms with Crippen molar-refractivity contribution in [3.63, 3.8) is 0 Å². The van der Waals surface area contributed by atoms with E-state index in [1.165, 1.54) is 12.0 Å². The van der Waals surface area contributed by atoms with Crippen molar-refractivity contribution in [2.24, 2.45) is 28.4 Å². The average molecular weight is 382 g/mol. The number of rotatable bonds is 3. The van der Waals surface area contributed by atoms with E-state index in [9.17, 15) is 8.78 Å². The summed E-state index contributed by atoms with van der Waals surface area (Å²) < 4.78 is 26.5. The zero-order valence-electron chi connectivity index (χ0n) is 16.5. The van der Waals surface area contributed by atoms with E-state index < -0.39 is 6.43 Å². The van der Waals surface area contributed by atoms with Gasteiger partial charge in [0.15, 0.2) is 0 Å². The van der Waals surface area contributed by atoms with Gasteiger partial charge in [-0.2, -0.15) is 0 Å². The van der Waals surface area contributed by atoms with Crippen LogP contribution in [-0.2, 0) is 5.41 Å². The van der Waals surface area contributed by atoms with Gasteiger partial charge in [0.25, 0.3) is 0 Å². The molecular formula is C22H33F2NS. The fourth-order valence-corrected chi connectivity index (χ4v) is 5.94. The third-order valence-corrected chi connectivity index (χ3v) is 6.99. The van der Waals surface area contributed by atoms with Crippen LogP contribution < -0.4 is 5.73 Å². The Hall–Kier alpha value is -1.03. The van der Waals surface area contributed by atoms with E-state index >= 15 is 0 Å². The lowest BCUT2D eigenvalue weighted by Crippen LogP contribution is -2.54. The summed E-state index contributed by atoms with van der Waals surface area (Å²) in [6.07, 6.45) is 2.23. The van der Waals surface area contributed by atoms with Crippen LogP contribution in [0.15, 0.2) is 30.3 Å². The van der Waals surface area contributed by atoms with Crippen molar-refractivity contribution in [1.82, 2.24) is 0 Å². The number of fused-ring (bicyclic) bond motifs is 2. The van der Waals surface area contributed by atoms with Gasteiger partial charge < -0.3 is 5.73 Å². The SMILES string of the molecule is CC1CC2(c3ccccc3)CC(CC(C)(C)C2)C1(C)CC(F)F.NC=S. The van der Waals surface area contributed by atoms with Crippen LogP contribution in [0.4, 0.5) is 8.78 Å². The predicted octanol–water partition coefficient (Wildman–Crippen LogP) is 6.35. The zero-order chi connectivity index (χ0) is 19.6. The molecule has 2 fully saturated rings. The molecule has 2 N–H and O–H groups in total. The van der Waals surface area contributed by atoms with E-state index in [0.29, 0.717) is 11.8 Å². The Morgan fingerprint density at radius 1 is 1.15 bits per heavy atom. The molecule has 4 unspecified atom stereocenters. The summed E-state index contributed by atoms with van der Waals surface area (Å²) in [6, 6.07) is 10.8. The first-order chi connectivity index (χ1) is 12.1. The van der Waals surface area contributed by atoms with Crippen molar-refractivity contribution in [2.75, 3.05) is 0 Å². The molecule has 2 aliphatic carbocycles. The molecule has 0 aliphatic heterocycles. The van der Waals surface area contributed by atoms with Gasteiger partial charge in [0, 0.05) is 6.42 Å². The second-order valence-corrected chi connectivity index (χ2v) is 9.71. The van der Waals surface area contributed by atoms with Crippen LogP contribution in [0.25, 0.3) is 0 Å². The summed E-state index contributed by atoms with van der Waals surface area (Å²) in [5, 5.41) is 0. The second kappa shape index (κ2) is 7.92. The maximum atomic E-state index is 13.3. The summed E-state index contributed by atoms with van der Waals surface area (Å²) in [5.41, 5.74) is 7.21. The molecule has 2 saturated carbocycles. The fourth-order valence-electron chi connectivity index (χ4n) is 5.94. The quantitative estimate of drug-likeness (QED) is 0.617. The molecule has 0 saturated heterocycles. The molecule has 2 bridgehead atoms. The molecule has 0 aromatic heterocycles. The van der Waals surface area contributed by atoms with E-state index in [2.05, 4.69) is 76.0 Å². The molecule has 0 spiro atoms. The molecule has 4 heteroatoms. The van der Waals surface area contributed by atoms with E-state index in [0.717, 1.165) is 24.8 Å². The first-order valence-electron chi connectivity index (χ1n) is 9.58. The molecule has 1 nitrogen and oxygen atoms in total. The molecule has 0 heterocycles. The minimum atomic E-state index is -2.20. The van der Waals surface area contributed by atoms with Gasteiger partial charge in [0.1, 0.15) is 0 Å². The Kier molecular flexibility index (Phi) is 6.48. The summed E-state index contributed by atoms with van der Waals surface area (Å²) in [6.45, 7) is 9.00. The Balaban J connectivity index is 0.000000758. The lowest BCUT2D eigenvalue weighted by Gasteiger charge is -2.61. The highest BCUT2D eigenvalue weighted by Gasteiger charge is 2.57. The van der Waals surface area contributed by atoms with E-state index in [1.807, 2.05) is 0 Å². The Morgan fingerprint density at radius 3 is 2.27 bits per heavy atom. The van der Waals surface area contributed by atoms with Crippen molar-refractivity contribution in [1.29, 1.82) is 0 Å². The number of alkyl halides is 2. The van der Waals surface area contributed by atoms with Gasteiger partial charge in [-0.05, 0) is 59.3 Å². The predicted molar refractivity (Wildman–Crippen MR) is 110 cm³/mol. The standard InChI is InChI=1S/C21H30F2.CH3NS/c1-15-10-21(16-8-6-5-7-9-16)12-17(11-19(2,3)14-21)20(15,4)13-18(22)23;2-1-3/h5-9,15,17-18H,10-14H2,1-4H3;1H,(H2,2,3). The summed E-state index contributed by atoms with van der Waals surface area (Å²) in [5.74, 6) is 0.732. The highest BCUT2D eigenvalue weighted by molar-refractivity contribution is 7.78. The first-order valence-corrected chi connectivity index (χ1v) is 10.0. The number of thiocarbonyl (C=S) groups is 1. The maximum absolute atomic E-state index is 13.3. The zero-order valence-corrected chi connectivity index (χ0v) is 17.3. The van der Waals surface area contributed by atoms with E-state index in [-0.39, 0.29) is 22.7 Å². The average Bonchev–Trinajstić information content (AvgIpc) is 2.53.